The molecule has 8 nitrogen and oxygen atoms in total. The van der Waals surface area contributed by atoms with Crippen molar-refractivity contribution in [1.29, 1.82) is 0 Å². The first kappa shape index (κ1) is 15.2. The zero-order chi connectivity index (χ0) is 17.1. The molecule has 2 aromatic carbocycles. The first-order valence-corrected chi connectivity index (χ1v) is 7.01. The van der Waals surface area contributed by atoms with Crippen molar-refractivity contribution >= 4 is 29.0 Å². The van der Waals surface area contributed by atoms with Crippen LogP contribution in [-0.2, 0) is 0 Å². The topological polar surface area (TPSA) is 132 Å². The summed E-state index contributed by atoms with van der Waals surface area (Å²) in [6, 6.07) is 15.3. The number of aromatic carboxylic acids is 1. The second-order valence-electron chi connectivity index (χ2n) is 4.92. The normalized spacial score (nSPS) is 11.0. The maximum atomic E-state index is 11.0. The summed E-state index contributed by atoms with van der Waals surface area (Å²) in [5, 5.41) is 21.2. The average molecular weight is 322 g/mol. The highest BCUT2D eigenvalue weighted by Gasteiger charge is 2.14. The molecule has 0 saturated carbocycles. The molecule has 0 aliphatic rings. The van der Waals surface area contributed by atoms with E-state index in [0.717, 1.165) is 5.69 Å². The number of anilines is 2. The van der Waals surface area contributed by atoms with E-state index in [1.54, 1.807) is 12.1 Å². The number of rotatable bonds is 4. The Morgan fingerprint density at radius 2 is 1.79 bits per heavy atom. The first-order valence-electron chi connectivity index (χ1n) is 7.01. The lowest BCUT2D eigenvalue weighted by Crippen LogP contribution is -2.01. The minimum atomic E-state index is -1.04. The van der Waals surface area contributed by atoms with Crippen LogP contribution in [0.15, 0.2) is 64.8 Å². The highest BCUT2D eigenvalue weighted by molar-refractivity contribution is 5.88. The van der Waals surface area contributed by atoms with Crippen molar-refractivity contribution in [3.05, 3.63) is 60.2 Å². The second kappa shape index (κ2) is 6.21. The standard InChI is InChI=1S/C16H14N6O2/c17-14-13(15(18)22(21-14)12-7-2-1-3-8-12)20-19-11-6-4-5-10(9-11)16(23)24/h1-9H,18H2,(H2,17,21)(H,23,24). The smallest absolute Gasteiger partial charge is 0.335 e. The fraction of sp³-hybridized carbons (Fsp3) is 0. The molecule has 1 aromatic heterocycles. The van der Waals surface area contributed by atoms with Crippen molar-refractivity contribution in [2.75, 3.05) is 11.5 Å². The molecule has 0 saturated heterocycles. The molecule has 0 fully saturated rings. The molecule has 5 N–H and O–H groups in total. The van der Waals surface area contributed by atoms with Crippen LogP contribution in [-0.4, -0.2) is 20.9 Å². The van der Waals surface area contributed by atoms with Crippen molar-refractivity contribution in [2.24, 2.45) is 10.2 Å². The zero-order valence-corrected chi connectivity index (χ0v) is 12.5. The summed E-state index contributed by atoms with van der Waals surface area (Å²) in [7, 11) is 0. The number of carboxylic acid groups (broad SMARTS) is 1. The molecule has 0 amide bonds. The molecule has 3 aromatic rings. The molecule has 24 heavy (non-hydrogen) atoms. The highest BCUT2D eigenvalue weighted by Crippen LogP contribution is 2.32. The van der Waals surface area contributed by atoms with Gasteiger partial charge in [0.15, 0.2) is 17.3 Å². The van der Waals surface area contributed by atoms with Gasteiger partial charge in [0, 0.05) is 0 Å². The van der Waals surface area contributed by atoms with Crippen molar-refractivity contribution in [3.63, 3.8) is 0 Å². The number of aromatic nitrogens is 2. The number of nitrogens with zero attached hydrogens (tertiary/aromatic N) is 4. The van der Waals surface area contributed by atoms with Crippen LogP contribution >= 0.6 is 0 Å². The van der Waals surface area contributed by atoms with Gasteiger partial charge in [0.1, 0.15) is 0 Å². The van der Waals surface area contributed by atoms with Crippen LogP contribution in [0.3, 0.4) is 0 Å². The second-order valence-corrected chi connectivity index (χ2v) is 4.92. The number of hydrogen-bond acceptors (Lipinski definition) is 6. The molecular weight excluding hydrogens is 308 g/mol. The van der Waals surface area contributed by atoms with Crippen molar-refractivity contribution in [1.82, 2.24) is 9.78 Å². The van der Waals surface area contributed by atoms with Crippen LogP contribution in [0.1, 0.15) is 10.4 Å². The van der Waals surface area contributed by atoms with Crippen molar-refractivity contribution in [3.8, 4) is 5.69 Å². The quantitative estimate of drug-likeness (QED) is 0.635. The predicted octanol–water partition coefficient (Wildman–Crippen LogP) is 3.15. The van der Waals surface area contributed by atoms with Crippen LogP contribution < -0.4 is 11.5 Å². The Morgan fingerprint density at radius 3 is 2.50 bits per heavy atom. The van der Waals surface area contributed by atoms with E-state index in [9.17, 15) is 4.79 Å². The van der Waals surface area contributed by atoms with Gasteiger partial charge in [-0.25, -0.2) is 9.48 Å². The third kappa shape index (κ3) is 2.93. The average Bonchev–Trinajstić information content (AvgIpc) is 2.88. The maximum Gasteiger partial charge on any atom is 0.335 e. The summed E-state index contributed by atoms with van der Waals surface area (Å²) >= 11 is 0. The molecule has 3 rings (SSSR count). The minimum absolute atomic E-state index is 0.118. The van der Waals surface area contributed by atoms with Gasteiger partial charge in [-0.2, -0.15) is 5.11 Å². The molecule has 0 spiro atoms. The predicted molar refractivity (Wildman–Crippen MR) is 90.0 cm³/mol. The Bertz CT molecular complexity index is 918. The lowest BCUT2D eigenvalue weighted by molar-refractivity contribution is 0.0697. The van der Waals surface area contributed by atoms with Gasteiger partial charge in [-0.1, -0.05) is 24.3 Å². The molecule has 0 aliphatic heterocycles. The Kier molecular flexibility index (Phi) is 3.94. The van der Waals surface area contributed by atoms with Gasteiger partial charge in [-0.3, -0.25) is 0 Å². The molecule has 8 heteroatoms. The summed E-state index contributed by atoms with van der Waals surface area (Å²) < 4.78 is 1.47. The van der Waals surface area contributed by atoms with E-state index in [1.165, 1.54) is 16.8 Å². The summed E-state index contributed by atoms with van der Waals surface area (Å²) in [4.78, 5) is 11.0. The zero-order valence-electron chi connectivity index (χ0n) is 12.5. The van der Waals surface area contributed by atoms with Gasteiger partial charge in [0.25, 0.3) is 0 Å². The van der Waals surface area contributed by atoms with E-state index in [-0.39, 0.29) is 22.9 Å². The van der Waals surface area contributed by atoms with Gasteiger partial charge in [-0.15, -0.1) is 10.2 Å². The molecule has 120 valence electrons. The Labute approximate surface area is 137 Å². The van der Waals surface area contributed by atoms with Crippen LogP contribution in [0.4, 0.5) is 23.0 Å². The lowest BCUT2D eigenvalue weighted by Gasteiger charge is -2.02. The number of carbonyl (C=O) groups is 1. The fourth-order valence-corrected chi connectivity index (χ4v) is 2.12. The molecule has 1 heterocycles. The van der Waals surface area contributed by atoms with Crippen molar-refractivity contribution < 1.29 is 9.90 Å². The van der Waals surface area contributed by atoms with Gasteiger partial charge < -0.3 is 16.6 Å². The Balaban J connectivity index is 1.95. The van der Waals surface area contributed by atoms with Gasteiger partial charge in [-0.05, 0) is 30.3 Å². The summed E-state index contributed by atoms with van der Waals surface area (Å²) in [5.41, 5.74) is 13.4. The molecule has 0 aliphatic carbocycles. The van der Waals surface area contributed by atoms with E-state index in [2.05, 4.69) is 15.3 Å². The van der Waals surface area contributed by atoms with Gasteiger partial charge in [0.05, 0.1) is 16.9 Å². The van der Waals surface area contributed by atoms with Gasteiger partial charge >= 0.3 is 5.97 Å². The molecule has 0 radical (unpaired) electrons. The van der Waals surface area contributed by atoms with E-state index in [4.69, 9.17) is 16.6 Å². The number of hydrogen-bond donors (Lipinski definition) is 3. The van der Waals surface area contributed by atoms with Crippen LogP contribution in [0.25, 0.3) is 5.69 Å². The highest BCUT2D eigenvalue weighted by atomic mass is 16.4. The number of benzene rings is 2. The third-order valence-electron chi connectivity index (χ3n) is 3.28. The number of para-hydroxylation sites is 1. The lowest BCUT2D eigenvalue weighted by atomic mass is 10.2. The number of carboxylic acids is 1. The Hall–Kier alpha value is -3.68. The summed E-state index contributed by atoms with van der Waals surface area (Å²) in [5.74, 6) is -0.658. The van der Waals surface area contributed by atoms with E-state index < -0.39 is 5.97 Å². The van der Waals surface area contributed by atoms with Crippen LogP contribution in [0.5, 0.6) is 0 Å². The molecule has 0 unspecified atom stereocenters. The first-order chi connectivity index (χ1) is 11.6. The summed E-state index contributed by atoms with van der Waals surface area (Å²) in [6.07, 6.45) is 0. The maximum absolute atomic E-state index is 11.0. The van der Waals surface area contributed by atoms with E-state index in [0.29, 0.717) is 5.69 Å². The van der Waals surface area contributed by atoms with E-state index >= 15 is 0 Å². The van der Waals surface area contributed by atoms with Crippen LogP contribution in [0, 0.1) is 0 Å². The molecule has 0 bridgehead atoms. The number of nitrogen functional groups attached to an aromatic ring is 2. The number of nitrogens with two attached hydrogens (primary N) is 2. The largest absolute Gasteiger partial charge is 0.478 e. The minimum Gasteiger partial charge on any atom is -0.478 e. The van der Waals surface area contributed by atoms with Crippen molar-refractivity contribution in [2.45, 2.75) is 0 Å². The molecule has 0 atom stereocenters. The Morgan fingerprint density at radius 1 is 1.04 bits per heavy atom. The fourth-order valence-electron chi connectivity index (χ4n) is 2.12. The number of azo groups is 1. The van der Waals surface area contributed by atoms with Crippen LogP contribution in [0.2, 0.25) is 0 Å². The monoisotopic (exact) mass is 322 g/mol. The SMILES string of the molecule is Nc1nn(-c2ccccc2)c(N)c1N=Nc1cccc(C(=O)O)c1. The third-order valence-corrected chi connectivity index (χ3v) is 3.28. The van der Waals surface area contributed by atoms with Gasteiger partial charge in [0.2, 0.25) is 0 Å². The van der Waals surface area contributed by atoms with E-state index in [1.807, 2.05) is 30.3 Å². The summed E-state index contributed by atoms with van der Waals surface area (Å²) in [6.45, 7) is 0. The molecular formula is C16H14N6O2.